The molecule has 0 heterocycles. The number of methoxy groups -OCH3 is 1. The van der Waals surface area contributed by atoms with Crippen LogP contribution in [0.15, 0.2) is 73.3 Å². The van der Waals surface area contributed by atoms with E-state index in [1.165, 1.54) is 56.9 Å². The molecule has 0 spiro atoms. The van der Waals surface area contributed by atoms with Crippen molar-refractivity contribution in [2.75, 3.05) is 7.11 Å². The highest BCUT2D eigenvalue weighted by atomic mass is 19.2. The van der Waals surface area contributed by atoms with Crippen LogP contribution in [0.3, 0.4) is 0 Å². The molecule has 3 aromatic carbocycles. The summed E-state index contributed by atoms with van der Waals surface area (Å²) in [6.07, 6.45) is 12.8. The van der Waals surface area contributed by atoms with Gasteiger partial charge in [-0.15, -0.1) is 6.58 Å². The van der Waals surface area contributed by atoms with Gasteiger partial charge >= 0.3 is 0 Å². The zero-order valence-corrected chi connectivity index (χ0v) is 21.3. The Morgan fingerprint density at radius 3 is 2.00 bits per heavy atom. The molecule has 1 saturated carbocycles. The van der Waals surface area contributed by atoms with E-state index in [9.17, 15) is 8.78 Å². The maximum absolute atomic E-state index is 15.2. The van der Waals surface area contributed by atoms with E-state index in [-0.39, 0.29) is 17.1 Å². The Hall–Kier alpha value is -3.27. The predicted octanol–water partition coefficient (Wildman–Crippen LogP) is 9.62. The normalized spacial score (nSPS) is 21.8. The standard InChI is InChI=1S/C33H33F3O/c1-3-21-4-6-22(7-5-21)23-8-10-24(11-9-23)27-16-17-28(30(34)20-27)25-12-14-26(15-13-25)29-18-19-31(37-2)33(36)32(29)35/h3,10,12-23H,1,4-9,11H2,2H3. The predicted molar refractivity (Wildman–Crippen MR) is 145 cm³/mol. The molecule has 0 amide bonds. The van der Waals surface area contributed by atoms with Gasteiger partial charge in [0, 0.05) is 11.1 Å². The topological polar surface area (TPSA) is 9.23 Å². The van der Waals surface area contributed by atoms with Crippen LogP contribution >= 0.6 is 0 Å². The molecule has 37 heavy (non-hydrogen) atoms. The number of hydrogen-bond acceptors (Lipinski definition) is 1. The largest absolute Gasteiger partial charge is 0.494 e. The van der Waals surface area contributed by atoms with E-state index in [0.29, 0.717) is 22.6 Å². The molecule has 3 aromatic rings. The quantitative estimate of drug-likeness (QED) is 0.305. The Bertz CT molecular complexity index is 1300. The molecule has 0 bridgehead atoms. The van der Waals surface area contributed by atoms with Crippen LogP contribution < -0.4 is 4.74 Å². The summed E-state index contributed by atoms with van der Waals surface area (Å²) in [5.74, 6) is -0.170. The number of halogens is 3. The van der Waals surface area contributed by atoms with Gasteiger partial charge in [0.05, 0.1) is 7.11 Å². The van der Waals surface area contributed by atoms with Crippen molar-refractivity contribution in [2.24, 2.45) is 17.8 Å². The molecular formula is C33H33F3O. The molecule has 0 aromatic heterocycles. The Balaban J connectivity index is 1.28. The average molecular weight is 503 g/mol. The number of benzene rings is 3. The molecule has 4 heteroatoms. The minimum absolute atomic E-state index is 0.136. The second-order valence-corrected chi connectivity index (χ2v) is 10.4. The summed E-state index contributed by atoms with van der Waals surface area (Å²) in [5.41, 5.74) is 4.01. The van der Waals surface area contributed by atoms with E-state index in [1.54, 1.807) is 30.3 Å². The third-order valence-corrected chi connectivity index (χ3v) is 8.38. The zero-order chi connectivity index (χ0) is 25.9. The fraction of sp³-hybridized carbons (Fsp3) is 0.333. The molecule has 1 nitrogen and oxygen atoms in total. The van der Waals surface area contributed by atoms with E-state index < -0.39 is 11.6 Å². The minimum Gasteiger partial charge on any atom is -0.494 e. The van der Waals surface area contributed by atoms with Gasteiger partial charge in [-0.25, -0.2) is 8.78 Å². The van der Waals surface area contributed by atoms with Crippen molar-refractivity contribution in [1.29, 1.82) is 0 Å². The highest BCUT2D eigenvalue weighted by molar-refractivity contribution is 5.74. The maximum Gasteiger partial charge on any atom is 0.201 e. The van der Waals surface area contributed by atoms with Gasteiger partial charge in [-0.1, -0.05) is 48.6 Å². The lowest BCUT2D eigenvalue weighted by molar-refractivity contribution is 0.212. The summed E-state index contributed by atoms with van der Waals surface area (Å²) < 4.78 is 48.6. The minimum atomic E-state index is -1.02. The zero-order valence-electron chi connectivity index (χ0n) is 21.3. The van der Waals surface area contributed by atoms with Gasteiger partial charge in [0.2, 0.25) is 5.82 Å². The first-order chi connectivity index (χ1) is 18.0. The van der Waals surface area contributed by atoms with Gasteiger partial charge in [0.1, 0.15) is 5.82 Å². The molecule has 1 fully saturated rings. The van der Waals surface area contributed by atoms with Crippen molar-refractivity contribution in [2.45, 2.75) is 44.9 Å². The Kier molecular flexibility index (Phi) is 7.55. The third-order valence-electron chi connectivity index (χ3n) is 8.38. The number of hydrogen-bond donors (Lipinski definition) is 0. The van der Waals surface area contributed by atoms with Crippen LogP contribution in [-0.4, -0.2) is 7.11 Å². The van der Waals surface area contributed by atoms with E-state index in [2.05, 4.69) is 18.7 Å². The molecule has 0 N–H and O–H groups in total. The van der Waals surface area contributed by atoms with Gasteiger partial charge in [0.25, 0.3) is 0 Å². The monoisotopic (exact) mass is 502 g/mol. The Morgan fingerprint density at radius 2 is 1.41 bits per heavy atom. The fourth-order valence-electron chi connectivity index (χ4n) is 6.09. The van der Waals surface area contributed by atoms with Crippen molar-refractivity contribution in [3.63, 3.8) is 0 Å². The van der Waals surface area contributed by atoms with Gasteiger partial charge in [0.15, 0.2) is 11.6 Å². The van der Waals surface area contributed by atoms with Crippen molar-refractivity contribution in [1.82, 2.24) is 0 Å². The SMILES string of the molecule is C=CC1CCC(C2CC=C(c3ccc(-c4ccc(-c5ccc(OC)c(F)c5F)cc4)c(F)c3)CC2)CC1. The molecule has 1 atom stereocenters. The first kappa shape index (κ1) is 25.4. The van der Waals surface area contributed by atoms with Crippen LogP contribution in [0.4, 0.5) is 13.2 Å². The van der Waals surface area contributed by atoms with Crippen molar-refractivity contribution < 1.29 is 17.9 Å². The first-order valence-corrected chi connectivity index (χ1v) is 13.2. The molecule has 2 aliphatic carbocycles. The van der Waals surface area contributed by atoms with Gasteiger partial charge in [-0.2, -0.15) is 4.39 Å². The number of rotatable bonds is 6. The Labute approximate surface area is 217 Å². The molecule has 0 aliphatic heterocycles. The number of ether oxygens (including phenoxy) is 1. The van der Waals surface area contributed by atoms with Gasteiger partial charge in [-0.3, -0.25) is 0 Å². The molecule has 1 unspecified atom stereocenters. The second kappa shape index (κ2) is 11.0. The van der Waals surface area contributed by atoms with E-state index in [4.69, 9.17) is 4.74 Å². The summed E-state index contributed by atoms with van der Waals surface area (Å²) in [7, 11) is 1.30. The fourth-order valence-corrected chi connectivity index (χ4v) is 6.09. The maximum atomic E-state index is 15.2. The van der Waals surface area contributed by atoms with Crippen molar-refractivity contribution in [3.05, 3.63) is 96.3 Å². The highest BCUT2D eigenvalue weighted by Gasteiger charge is 2.28. The van der Waals surface area contributed by atoms with Crippen LogP contribution in [0.1, 0.15) is 50.5 Å². The smallest absolute Gasteiger partial charge is 0.201 e. The lowest BCUT2D eigenvalue weighted by atomic mass is 9.71. The average Bonchev–Trinajstić information content (AvgIpc) is 2.95. The molecular weight excluding hydrogens is 469 g/mol. The molecule has 0 radical (unpaired) electrons. The first-order valence-electron chi connectivity index (χ1n) is 13.2. The summed E-state index contributed by atoms with van der Waals surface area (Å²) in [6, 6.07) is 15.2. The van der Waals surface area contributed by atoms with E-state index in [0.717, 1.165) is 30.2 Å². The summed E-state index contributed by atoms with van der Waals surface area (Å²) >= 11 is 0. The van der Waals surface area contributed by atoms with Gasteiger partial charge in [-0.05, 0) is 103 Å². The molecule has 0 saturated heterocycles. The Morgan fingerprint density at radius 1 is 0.757 bits per heavy atom. The van der Waals surface area contributed by atoms with Crippen molar-refractivity contribution in [3.8, 4) is 28.0 Å². The summed E-state index contributed by atoms with van der Waals surface area (Å²) in [6.45, 7) is 3.96. The van der Waals surface area contributed by atoms with E-state index in [1.807, 2.05) is 12.1 Å². The highest BCUT2D eigenvalue weighted by Crippen LogP contribution is 2.42. The summed E-state index contributed by atoms with van der Waals surface area (Å²) in [5, 5.41) is 0. The van der Waals surface area contributed by atoms with Crippen LogP contribution in [0, 0.1) is 35.2 Å². The van der Waals surface area contributed by atoms with Crippen LogP contribution in [0.25, 0.3) is 27.8 Å². The van der Waals surface area contributed by atoms with E-state index >= 15 is 4.39 Å². The second-order valence-electron chi connectivity index (χ2n) is 10.4. The van der Waals surface area contributed by atoms with Crippen LogP contribution in [0.5, 0.6) is 5.75 Å². The molecule has 5 rings (SSSR count). The molecule has 2 aliphatic rings. The lowest BCUT2D eigenvalue weighted by Gasteiger charge is -2.34. The third kappa shape index (κ3) is 5.25. The van der Waals surface area contributed by atoms with Crippen LogP contribution in [-0.2, 0) is 0 Å². The van der Waals surface area contributed by atoms with Crippen LogP contribution in [0.2, 0.25) is 0 Å². The number of allylic oxidation sites excluding steroid dienone is 3. The lowest BCUT2D eigenvalue weighted by Crippen LogP contribution is -2.22. The van der Waals surface area contributed by atoms with Crippen molar-refractivity contribution >= 4 is 5.57 Å². The molecule has 192 valence electrons. The summed E-state index contributed by atoms with van der Waals surface area (Å²) in [4.78, 5) is 0. The van der Waals surface area contributed by atoms with Gasteiger partial charge < -0.3 is 4.74 Å².